The lowest BCUT2D eigenvalue weighted by atomic mass is 10.2. The zero-order valence-corrected chi connectivity index (χ0v) is 8.54. The van der Waals surface area contributed by atoms with E-state index in [1.54, 1.807) is 6.92 Å². The van der Waals surface area contributed by atoms with E-state index in [1.807, 2.05) is 0 Å². The first-order valence-electron chi connectivity index (χ1n) is 5.17. The Morgan fingerprint density at radius 2 is 2.00 bits per heavy atom. The maximum Gasteiger partial charge on any atom is 0.315 e. The number of hydrogen-bond acceptors (Lipinski definition) is 3. The Labute approximate surface area is 84.0 Å². The second-order valence-electron chi connectivity index (χ2n) is 3.53. The van der Waals surface area contributed by atoms with Crippen molar-refractivity contribution < 1.29 is 14.3 Å². The average Bonchev–Trinajstić information content (AvgIpc) is 2.56. The number of amides is 1. The van der Waals surface area contributed by atoms with Crippen LogP contribution >= 0.6 is 0 Å². The molecular formula is C10H17NO3. The molecule has 0 radical (unpaired) electrons. The second kappa shape index (κ2) is 5.62. The van der Waals surface area contributed by atoms with Gasteiger partial charge < -0.3 is 10.1 Å². The smallest absolute Gasteiger partial charge is 0.315 e. The third-order valence-corrected chi connectivity index (χ3v) is 2.33. The molecule has 1 N–H and O–H groups in total. The highest BCUT2D eigenvalue weighted by Crippen LogP contribution is 2.17. The van der Waals surface area contributed by atoms with E-state index >= 15 is 0 Å². The van der Waals surface area contributed by atoms with E-state index in [0.717, 1.165) is 12.8 Å². The van der Waals surface area contributed by atoms with Gasteiger partial charge >= 0.3 is 5.97 Å². The van der Waals surface area contributed by atoms with Crippen LogP contribution in [0, 0.1) is 0 Å². The van der Waals surface area contributed by atoms with Gasteiger partial charge in [0.1, 0.15) is 6.42 Å². The zero-order chi connectivity index (χ0) is 10.4. The van der Waals surface area contributed by atoms with Crippen molar-refractivity contribution >= 4 is 11.9 Å². The summed E-state index contributed by atoms with van der Waals surface area (Å²) in [5.74, 6) is -0.654. The summed E-state index contributed by atoms with van der Waals surface area (Å²) in [4.78, 5) is 22.2. The topological polar surface area (TPSA) is 55.4 Å². The van der Waals surface area contributed by atoms with Gasteiger partial charge in [-0.05, 0) is 19.8 Å². The quantitative estimate of drug-likeness (QED) is 0.543. The Morgan fingerprint density at radius 1 is 1.36 bits per heavy atom. The molecule has 0 aliphatic heterocycles. The predicted molar refractivity (Wildman–Crippen MR) is 51.6 cm³/mol. The summed E-state index contributed by atoms with van der Waals surface area (Å²) >= 11 is 0. The van der Waals surface area contributed by atoms with Crippen molar-refractivity contribution in [1.29, 1.82) is 0 Å². The number of carbonyl (C=O) groups is 2. The van der Waals surface area contributed by atoms with Gasteiger partial charge in [-0.3, -0.25) is 9.59 Å². The fourth-order valence-corrected chi connectivity index (χ4v) is 1.69. The minimum atomic E-state index is -0.442. The molecule has 0 heterocycles. The summed E-state index contributed by atoms with van der Waals surface area (Å²) in [6, 6.07) is 0.275. The van der Waals surface area contributed by atoms with E-state index in [9.17, 15) is 9.59 Å². The molecule has 0 aromatic heterocycles. The second-order valence-corrected chi connectivity index (χ2v) is 3.53. The van der Waals surface area contributed by atoms with Gasteiger partial charge in [0.15, 0.2) is 0 Å². The fourth-order valence-electron chi connectivity index (χ4n) is 1.69. The van der Waals surface area contributed by atoms with Crippen LogP contribution in [0.4, 0.5) is 0 Å². The lowest BCUT2D eigenvalue weighted by Gasteiger charge is -2.10. The van der Waals surface area contributed by atoms with E-state index < -0.39 is 5.97 Å². The van der Waals surface area contributed by atoms with Gasteiger partial charge in [0, 0.05) is 6.04 Å². The molecule has 0 spiro atoms. The molecule has 0 aromatic carbocycles. The molecule has 0 saturated heterocycles. The van der Waals surface area contributed by atoms with Gasteiger partial charge in [-0.2, -0.15) is 0 Å². The third-order valence-electron chi connectivity index (χ3n) is 2.33. The molecule has 0 aromatic rings. The number of ether oxygens (including phenoxy) is 1. The van der Waals surface area contributed by atoms with Gasteiger partial charge in [0.2, 0.25) is 5.91 Å². The summed E-state index contributed by atoms with van der Waals surface area (Å²) in [7, 11) is 0. The molecule has 1 aliphatic rings. The highest BCUT2D eigenvalue weighted by atomic mass is 16.5. The highest BCUT2D eigenvalue weighted by Gasteiger charge is 2.18. The van der Waals surface area contributed by atoms with Crippen molar-refractivity contribution in [1.82, 2.24) is 5.32 Å². The van der Waals surface area contributed by atoms with Crippen LogP contribution < -0.4 is 5.32 Å². The largest absolute Gasteiger partial charge is 0.466 e. The maximum atomic E-state index is 11.3. The molecule has 0 unspecified atom stereocenters. The first-order chi connectivity index (χ1) is 6.72. The summed E-state index contributed by atoms with van der Waals surface area (Å²) < 4.78 is 4.68. The standard InChI is InChI=1S/C10H17NO3/c1-2-14-10(13)7-9(12)11-8-5-3-4-6-8/h8H,2-7H2,1H3,(H,11,12). The molecule has 0 bridgehead atoms. The Balaban J connectivity index is 2.17. The molecule has 14 heavy (non-hydrogen) atoms. The maximum absolute atomic E-state index is 11.3. The number of hydrogen-bond donors (Lipinski definition) is 1. The number of nitrogens with one attached hydrogen (secondary N) is 1. The van der Waals surface area contributed by atoms with Crippen LogP contribution in [-0.4, -0.2) is 24.5 Å². The summed E-state index contributed by atoms with van der Waals surface area (Å²) in [5, 5.41) is 2.83. The zero-order valence-electron chi connectivity index (χ0n) is 8.54. The van der Waals surface area contributed by atoms with Gasteiger partial charge in [0.05, 0.1) is 6.61 Å². The monoisotopic (exact) mass is 199 g/mol. The summed E-state index contributed by atoms with van der Waals surface area (Å²) in [5.41, 5.74) is 0. The van der Waals surface area contributed by atoms with Crippen molar-refractivity contribution in [3.8, 4) is 0 Å². The molecule has 1 rings (SSSR count). The first kappa shape index (κ1) is 11.0. The molecule has 1 fully saturated rings. The minimum absolute atomic E-state index is 0.148. The first-order valence-corrected chi connectivity index (χ1v) is 5.17. The Bertz CT molecular complexity index is 209. The van der Waals surface area contributed by atoms with Gasteiger partial charge in [-0.1, -0.05) is 12.8 Å². The molecule has 4 nitrogen and oxygen atoms in total. The van der Waals surface area contributed by atoms with Crippen LogP contribution in [0.3, 0.4) is 0 Å². The molecule has 4 heteroatoms. The third kappa shape index (κ3) is 3.77. The van der Waals surface area contributed by atoms with Crippen molar-refractivity contribution in [2.75, 3.05) is 6.61 Å². The van der Waals surface area contributed by atoms with E-state index in [1.165, 1.54) is 12.8 Å². The predicted octanol–water partition coefficient (Wildman–Crippen LogP) is 0.998. The van der Waals surface area contributed by atoms with E-state index in [0.29, 0.717) is 6.61 Å². The minimum Gasteiger partial charge on any atom is -0.466 e. The van der Waals surface area contributed by atoms with Crippen LogP contribution in [0.25, 0.3) is 0 Å². The number of carbonyl (C=O) groups excluding carboxylic acids is 2. The molecule has 1 saturated carbocycles. The normalized spacial score (nSPS) is 16.6. The number of esters is 1. The van der Waals surface area contributed by atoms with Crippen molar-refractivity contribution in [2.24, 2.45) is 0 Å². The summed E-state index contributed by atoms with van der Waals surface area (Å²) in [6.45, 7) is 2.06. The SMILES string of the molecule is CCOC(=O)CC(=O)NC1CCCC1. The van der Waals surface area contributed by atoms with Crippen LogP contribution in [0.5, 0.6) is 0 Å². The van der Waals surface area contributed by atoms with E-state index in [4.69, 9.17) is 0 Å². The van der Waals surface area contributed by atoms with Crippen LogP contribution in [0.15, 0.2) is 0 Å². The Kier molecular flexibility index (Phi) is 4.43. The van der Waals surface area contributed by atoms with E-state index in [2.05, 4.69) is 10.1 Å². The Morgan fingerprint density at radius 3 is 2.57 bits per heavy atom. The average molecular weight is 199 g/mol. The molecular weight excluding hydrogens is 182 g/mol. The van der Waals surface area contributed by atoms with E-state index in [-0.39, 0.29) is 18.4 Å². The molecule has 1 amide bonds. The van der Waals surface area contributed by atoms with Crippen molar-refractivity contribution in [2.45, 2.75) is 45.1 Å². The lowest BCUT2D eigenvalue weighted by molar-refractivity contribution is -0.146. The highest BCUT2D eigenvalue weighted by molar-refractivity contribution is 5.94. The fraction of sp³-hybridized carbons (Fsp3) is 0.800. The van der Waals surface area contributed by atoms with Crippen LogP contribution in [0.2, 0.25) is 0 Å². The summed E-state index contributed by atoms with van der Waals surface area (Å²) in [6.07, 6.45) is 4.27. The lowest BCUT2D eigenvalue weighted by Crippen LogP contribution is -2.34. The van der Waals surface area contributed by atoms with Crippen LogP contribution in [0.1, 0.15) is 39.0 Å². The van der Waals surface area contributed by atoms with Gasteiger partial charge in [0.25, 0.3) is 0 Å². The molecule has 1 aliphatic carbocycles. The van der Waals surface area contributed by atoms with Gasteiger partial charge in [-0.15, -0.1) is 0 Å². The van der Waals surface area contributed by atoms with Crippen LogP contribution in [-0.2, 0) is 14.3 Å². The molecule has 80 valence electrons. The van der Waals surface area contributed by atoms with Gasteiger partial charge in [-0.25, -0.2) is 0 Å². The van der Waals surface area contributed by atoms with Crippen molar-refractivity contribution in [3.05, 3.63) is 0 Å². The van der Waals surface area contributed by atoms with Crippen molar-refractivity contribution in [3.63, 3.8) is 0 Å². The Hall–Kier alpha value is -1.06. The molecule has 0 atom stereocenters. The number of rotatable bonds is 4.